The van der Waals surface area contributed by atoms with E-state index in [0.717, 1.165) is 46.6 Å². The van der Waals surface area contributed by atoms with Gasteiger partial charge in [0.15, 0.2) is 5.16 Å². The first-order valence-corrected chi connectivity index (χ1v) is 11.9. The van der Waals surface area contributed by atoms with Crippen LogP contribution < -0.4 is 9.80 Å². The van der Waals surface area contributed by atoms with Crippen molar-refractivity contribution in [2.45, 2.75) is 31.0 Å². The molecule has 3 aliphatic rings. The highest BCUT2D eigenvalue weighted by Crippen LogP contribution is 2.43. The molecule has 0 N–H and O–H groups in total. The van der Waals surface area contributed by atoms with Gasteiger partial charge < -0.3 is 14.7 Å². The van der Waals surface area contributed by atoms with Crippen molar-refractivity contribution in [3.8, 4) is 0 Å². The van der Waals surface area contributed by atoms with Gasteiger partial charge in [-0.2, -0.15) is 0 Å². The van der Waals surface area contributed by atoms with Gasteiger partial charge in [-0.3, -0.25) is 9.59 Å². The topological polar surface area (TPSA) is 69.6 Å². The van der Waals surface area contributed by atoms with Gasteiger partial charge in [-0.25, -0.2) is 9.97 Å². The van der Waals surface area contributed by atoms with Crippen LogP contribution in [0.15, 0.2) is 17.4 Å². The molecular formula is C20H23N5O2S2. The molecule has 7 nitrogen and oxygen atoms in total. The fourth-order valence-electron chi connectivity index (χ4n) is 4.01. The Kier molecular flexibility index (Phi) is 4.74. The fraction of sp³-hybridized carbons (Fsp3) is 0.500. The van der Waals surface area contributed by atoms with Crippen LogP contribution in [0.3, 0.4) is 0 Å². The van der Waals surface area contributed by atoms with Crippen molar-refractivity contribution >= 4 is 45.7 Å². The standard InChI is InChI=1S/C20H23N5O2S2/c1-23-11-16(26)25(9-12-3-4-12)19-17(18(23)27)13-6-8-24(10-14(13)29-19)15-5-7-21-20(22-15)28-2/h5,7,12H,3-4,6,8-11H2,1-2H3. The Morgan fingerprint density at radius 3 is 2.86 bits per heavy atom. The molecular weight excluding hydrogens is 406 g/mol. The number of hydrogen-bond donors (Lipinski definition) is 0. The molecule has 0 saturated heterocycles. The van der Waals surface area contributed by atoms with Gasteiger partial charge in [0.25, 0.3) is 5.91 Å². The fourth-order valence-corrected chi connectivity index (χ4v) is 5.74. The Labute approximate surface area is 178 Å². The number of hydrogen-bond acceptors (Lipinski definition) is 7. The van der Waals surface area contributed by atoms with Gasteiger partial charge >= 0.3 is 0 Å². The van der Waals surface area contributed by atoms with Crippen LogP contribution in [0.25, 0.3) is 0 Å². The number of carbonyl (C=O) groups is 2. The number of likely N-dealkylation sites (N-methyl/N-ethyl adjacent to an activating group) is 1. The average Bonchev–Trinajstić information content (AvgIpc) is 3.49. The molecule has 9 heteroatoms. The van der Waals surface area contributed by atoms with E-state index in [9.17, 15) is 9.59 Å². The number of fused-ring (bicyclic) bond motifs is 3. The van der Waals surface area contributed by atoms with Crippen LogP contribution in [0, 0.1) is 5.92 Å². The molecule has 29 heavy (non-hydrogen) atoms. The molecule has 0 spiro atoms. The molecule has 4 heterocycles. The number of aromatic nitrogens is 2. The molecule has 2 aromatic rings. The molecule has 0 radical (unpaired) electrons. The van der Waals surface area contributed by atoms with Crippen LogP contribution in [0.2, 0.25) is 0 Å². The van der Waals surface area contributed by atoms with Crippen LogP contribution in [-0.2, 0) is 17.8 Å². The molecule has 2 aliphatic heterocycles. The maximum absolute atomic E-state index is 13.1. The molecule has 0 aromatic carbocycles. The molecule has 1 aliphatic carbocycles. The number of anilines is 2. The minimum absolute atomic E-state index is 0.0238. The van der Waals surface area contributed by atoms with E-state index in [-0.39, 0.29) is 18.4 Å². The highest BCUT2D eigenvalue weighted by atomic mass is 32.2. The first-order chi connectivity index (χ1) is 14.0. The summed E-state index contributed by atoms with van der Waals surface area (Å²) < 4.78 is 0. The quantitative estimate of drug-likeness (QED) is 0.550. The second-order valence-electron chi connectivity index (χ2n) is 7.87. The summed E-state index contributed by atoms with van der Waals surface area (Å²) >= 11 is 3.14. The zero-order valence-electron chi connectivity index (χ0n) is 16.6. The van der Waals surface area contributed by atoms with Gasteiger partial charge in [0.2, 0.25) is 5.91 Å². The zero-order valence-corrected chi connectivity index (χ0v) is 18.2. The van der Waals surface area contributed by atoms with E-state index in [1.165, 1.54) is 29.5 Å². The first kappa shape index (κ1) is 18.9. The highest BCUT2D eigenvalue weighted by Gasteiger charge is 2.38. The number of thiophene rings is 1. The molecule has 0 bridgehead atoms. The third kappa shape index (κ3) is 3.40. The monoisotopic (exact) mass is 429 g/mol. The van der Waals surface area contributed by atoms with Crippen molar-refractivity contribution in [2.24, 2.45) is 5.92 Å². The lowest BCUT2D eigenvalue weighted by Crippen LogP contribution is -2.38. The van der Waals surface area contributed by atoms with Crippen molar-refractivity contribution in [3.05, 3.63) is 28.3 Å². The second-order valence-corrected chi connectivity index (χ2v) is 9.72. The van der Waals surface area contributed by atoms with E-state index in [0.29, 0.717) is 12.5 Å². The number of rotatable bonds is 4. The number of carbonyl (C=O) groups excluding carboxylic acids is 2. The van der Waals surface area contributed by atoms with Crippen LogP contribution >= 0.6 is 23.1 Å². The molecule has 1 fully saturated rings. The maximum atomic E-state index is 13.1. The van der Waals surface area contributed by atoms with Crippen LogP contribution in [0.5, 0.6) is 0 Å². The zero-order chi connectivity index (χ0) is 20.1. The Bertz CT molecular complexity index is 987. The van der Waals surface area contributed by atoms with Crippen molar-refractivity contribution in [1.82, 2.24) is 14.9 Å². The molecule has 2 amide bonds. The third-order valence-electron chi connectivity index (χ3n) is 5.78. The van der Waals surface area contributed by atoms with Crippen LogP contribution in [-0.4, -0.2) is 59.6 Å². The normalized spacial score (nSPS) is 19.3. The van der Waals surface area contributed by atoms with Crippen LogP contribution in [0.1, 0.15) is 33.6 Å². The van der Waals surface area contributed by atoms with Crippen molar-refractivity contribution in [3.63, 3.8) is 0 Å². The van der Waals surface area contributed by atoms with E-state index >= 15 is 0 Å². The minimum atomic E-state index is -0.0238. The van der Waals surface area contributed by atoms with E-state index in [4.69, 9.17) is 0 Å². The SMILES string of the molecule is CSc1nccc(N2CCc3c(sc4c3C(=O)N(C)CC(=O)N4CC3CC3)C2)n1. The Morgan fingerprint density at radius 2 is 2.10 bits per heavy atom. The summed E-state index contributed by atoms with van der Waals surface area (Å²) in [6.45, 7) is 2.40. The Balaban J connectivity index is 1.52. The molecule has 2 aromatic heterocycles. The lowest BCUT2D eigenvalue weighted by Gasteiger charge is -2.28. The number of amides is 2. The molecule has 152 valence electrons. The number of nitrogens with zero attached hydrogens (tertiary/aromatic N) is 5. The van der Waals surface area contributed by atoms with Crippen molar-refractivity contribution in [2.75, 3.05) is 42.7 Å². The molecule has 0 unspecified atom stereocenters. The maximum Gasteiger partial charge on any atom is 0.257 e. The van der Waals surface area contributed by atoms with Crippen molar-refractivity contribution in [1.29, 1.82) is 0 Å². The van der Waals surface area contributed by atoms with Gasteiger partial charge in [0.1, 0.15) is 17.4 Å². The molecule has 1 saturated carbocycles. The molecule has 0 atom stereocenters. The summed E-state index contributed by atoms with van der Waals surface area (Å²) in [6.07, 6.45) is 6.89. The predicted octanol–water partition coefficient (Wildman–Crippen LogP) is 2.65. The summed E-state index contributed by atoms with van der Waals surface area (Å²) in [7, 11) is 1.73. The van der Waals surface area contributed by atoms with E-state index in [1.54, 1.807) is 29.5 Å². The largest absolute Gasteiger partial charge is 0.351 e. The second kappa shape index (κ2) is 7.28. The summed E-state index contributed by atoms with van der Waals surface area (Å²) in [5.41, 5.74) is 1.87. The lowest BCUT2D eigenvalue weighted by molar-refractivity contribution is -0.119. The van der Waals surface area contributed by atoms with Gasteiger partial charge in [0, 0.05) is 31.2 Å². The minimum Gasteiger partial charge on any atom is -0.351 e. The van der Waals surface area contributed by atoms with Gasteiger partial charge in [-0.1, -0.05) is 11.8 Å². The Morgan fingerprint density at radius 1 is 1.28 bits per heavy atom. The summed E-state index contributed by atoms with van der Waals surface area (Å²) in [5, 5.41) is 1.61. The van der Waals surface area contributed by atoms with E-state index in [2.05, 4.69) is 14.9 Å². The summed E-state index contributed by atoms with van der Waals surface area (Å²) in [4.78, 5) is 41.7. The predicted molar refractivity (Wildman–Crippen MR) is 115 cm³/mol. The highest BCUT2D eigenvalue weighted by molar-refractivity contribution is 7.98. The number of thioether (sulfide) groups is 1. The third-order valence-corrected chi connectivity index (χ3v) is 7.58. The van der Waals surface area contributed by atoms with Gasteiger partial charge in [0.05, 0.1) is 12.1 Å². The molecule has 5 rings (SSSR count). The van der Waals surface area contributed by atoms with E-state index < -0.39 is 0 Å². The summed E-state index contributed by atoms with van der Waals surface area (Å²) in [5.74, 6) is 1.49. The lowest BCUT2D eigenvalue weighted by atomic mass is 10.0. The first-order valence-electron chi connectivity index (χ1n) is 9.87. The smallest absolute Gasteiger partial charge is 0.257 e. The van der Waals surface area contributed by atoms with Gasteiger partial charge in [-0.15, -0.1) is 11.3 Å². The van der Waals surface area contributed by atoms with Crippen LogP contribution in [0.4, 0.5) is 10.8 Å². The summed E-state index contributed by atoms with van der Waals surface area (Å²) in [6, 6.07) is 1.94. The average molecular weight is 430 g/mol. The van der Waals surface area contributed by atoms with E-state index in [1.807, 2.05) is 17.2 Å². The van der Waals surface area contributed by atoms with Crippen molar-refractivity contribution < 1.29 is 9.59 Å². The van der Waals surface area contributed by atoms with Gasteiger partial charge in [-0.05, 0) is 43.1 Å². The Hall–Kier alpha value is -2.13.